The number of aromatic nitrogens is 1. The Labute approximate surface area is 112 Å². The molecule has 0 aliphatic carbocycles. The van der Waals surface area contributed by atoms with Crippen molar-refractivity contribution < 1.29 is 0 Å². The summed E-state index contributed by atoms with van der Waals surface area (Å²) in [7, 11) is 0. The highest BCUT2D eigenvalue weighted by Crippen LogP contribution is 2.03. The van der Waals surface area contributed by atoms with Gasteiger partial charge in [-0.05, 0) is 38.1 Å². The quantitative estimate of drug-likeness (QED) is 0.645. The van der Waals surface area contributed by atoms with Gasteiger partial charge in [0.15, 0.2) is 0 Å². The van der Waals surface area contributed by atoms with Crippen LogP contribution in [0.3, 0.4) is 0 Å². The number of hydrogen-bond donors (Lipinski definition) is 1. The van der Waals surface area contributed by atoms with Gasteiger partial charge < -0.3 is 14.8 Å². The first-order valence-electron chi connectivity index (χ1n) is 7.38. The fraction of sp³-hybridized carbons (Fsp3) is 0.733. The molecule has 1 N–H and O–H groups in total. The Morgan fingerprint density at radius 2 is 2.00 bits per heavy atom. The van der Waals surface area contributed by atoms with Gasteiger partial charge in [-0.15, -0.1) is 0 Å². The molecular formula is C15H29N3. The molecule has 1 aromatic rings. The van der Waals surface area contributed by atoms with E-state index < -0.39 is 0 Å². The molecule has 0 saturated heterocycles. The van der Waals surface area contributed by atoms with Gasteiger partial charge in [0.2, 0.25) is 0 Å². The Morgan fingerprint density at radius 3 is 2.67 bits per heavy atom. The molecule has 0 radical (unpaired) electrons. The number of nitrogens with one attached hydrogen (secondary N) is 1. The van der Waals surface area contributed by atoms with Crippen LogP contribution in [0.4, 0.5) is 0 Å². The minimum atomic E-state index is 0.983. The van der Waals surface area contributed by atoms with E-state index >= 15 is 0 Å². The van der Waals surface area contributed by atoms with Gasteiger partial charge in [0, 0.05) is 38.1 Å². The Morgan fingerprint density at radius 1 is 1.17 bits per heavy atom. The summed E-state index contributed by atoms with van der Waals surface area (Å²) in [6.07, 6.45) is 4.62. The second kappa shape index (κ2) is 9.17. The molecule has 3 nitrogen and oxygen atoms in total. The van der Waals surface area contributed by atoms with Crippen molar-refractivity contribution in [3.05, 3.63) is 24.0 Å². The average molecular weight is 251 g/mol. The van der Waals surface area contributed by atoms with Gasteiger partial charge in [-0.2, -0.15) is 0 Å². The highest BCUT2D eigenvalue weighted by atomic mass is 15.1. The molecule has 1 rings (SSSR count). The minimum absolute atomic E-state index is 0.983. The minimum Gasteiger partial charge on any atom is -0.350 e. The predicted octanol–water partition coefficient (Wildman–Crippen LogP) is 2.72. The van der Waals surface area contributed by atoms with Crippen LogP contribution in [-0.2, 0) is 13.1 Å². The summed E-state index contributed by atoms with van der Waals surface area (Å²) in [4.78, 5) is 2.50. The Kier molecular flexibility index (Phi) is 7.78. The molecule has 0 aromatic carbocycles. The molecule has 0 bridgehead atoms. The average Bonchev–Trinajstić information content (AvgIpc) is 2.81. The summed E-state index contributed by atoms with van der Waals surface area (Å²) in [5.74, 6) is 0. The number of likely N-dealkylation sites (N-methyl/N-ethyl adjacent to an activating group) is 1. The molecule has 1 heterocycles. The summed E-state index contributed by atoms with van der Waals surface area (Å²) in [6, 6.07) is 4.36. The zero-order valence-corrected chi connectivity index (χ0v) is 12.3. The maximum Gasteiger partial charge on any atom is 0.0359 e. The summed E-state index contributed by atoms with van der Waals surface area (Å²) in [6.45, 7) is 13.4. The molecule has 104 valence electrons. The predicted molar refractivity (Wildman–Crippen MR) is 78.8 cm³/mol. The molecule has 0 saturated carbocycles. The number of aryl methyl sites for hydroxylation is 1. The van der Waals surface area contributed by atoms with E-state index in [-0.39, 0.29) is 0 Å². The van der Waals surface area contributed by atoms with Crippen molar-refractivity contribution in [2.45, 2.75) is 46.7 Å². The molecule has 0 unspecified atom stereocenters. The summed E-state index contributed by atoms with van der Waals surface area (Å²) in [5.41, 5.74) is 1.40. The molecule has 0 spiro atoms. The zero-order valence-electron chi connectivity index (χ0n) is 12.3. The van der Waals surface area contributed by atoms with Crippen LogP contribution >= 0.6 is 0 Å². The maximum atomic E-state index is 3.55. The molecule has 0 aliphatic rings. The third kappa shape index (κ3) is 5.23. The van der Waals surface area contributed by atoms with Crippen molar-refractivity contribution in [2.75, 3.05) is 26.2 Å². The second-order valence-electron chi connectivity index (χ2n) is 4.80. The highest BCUT2D eigenvalue weighted by Gasteiger charge is 2.01. The third-order valence-corrected chi connectivity index (χ3v) is 3.29. The fourth-order valence-electron chi connectivity index (χ4n) is 2.27. The monoisotopic (exact) mass is 251 g/mol. The number of hydrogen-bond acceptors (Lipinski definition) is 2. The molecule has 0 amide bonds. The van der Waals surface area contributed by atoms with Crippen LogP contribution < -0.4 is 5.32 Å². The molecule has 0 aliphatic heterocycles. The van der Waals surface area contributed by atoms with Crippen molar-refractivity contribution >= 4 is 0 Å². The van der Waals surface area contributed by atoms with Crippen LogP contribution in [0.5, 0.6) is 0 Å². The van der Waals surface area contributed by atoms with Crippen molar-refractivity contribution in [2.24, 2.45) is 0 Å². The Balaban J connectivity index is 2.22. The van der Waals surface area contributed by atoms with Crippen molar-refractivity contribution in [1.29, 1.82) is 0 Å². The summed E-state index contributed by atoms with van der Waals surface area (Å²) >= 11 is 0. The van der Waals surface area contributed by atoms with E-state index in [2.05, 4.69) is 53.9 Å². The van der Waals surface area contributed by atoms with Crippen LogP contribution in [0.2, 0.25) is 0 Å². The van der Waals surface area contributed by atoms with E-state index in [0.717, 1.165) is 32.7 Å². The van der Waals surface area contributed by atoms with Crippen molar-refractivity contribution in [1.82, 2.24) is 14.8 Å². The fourth-order valence-corrected chi connectivity index (χ4v) is 2.27. The highest BCUT2D eigenvalue weighted by molar-refractivity contribution is 5.06. The first-order chi connectivity index (χ1) is 8.81. The lowest BCUT2D eigenvalue weighted by molar-refractivity contribution is 0.287. The lowest BCUT2D eigenvalue weighted by atomic mass is 10.3. The topological polar surface area (TPSA) is 20.2 Å². The van der Waals surface area contributed by atoms with E-state index in [1.807, 2.05) is 0 Å². The summed E-state index contributed by atoms with van der Waals surface area (Å²) in [5, 5.41) is 3.55. The second-order valence-corrected chi connectivity index (χ2v) is 4.80. The van der Waals surface area contributed by atoms with Crippen LogP contribution in [-0.4, -0.2) is 35.6 Å². The Bertz CT molecular complexity index is 306. The van der Waals surface area contributed by atoms with Gasteiger partial charge in [-0.1, -0.05) is 20.8 Å². The number of nitrogens with zero attached hydrogens (tertiary/aromatic N) is 2. The smallest absolute Gasteiger partial charge is 0.0359 e. The van der Waals surface area contributed by atoms with Gasteiger partial charge in [0.1, 0.15) is 0 Å². The van der Waals surface area contributed by atoms with E-state index in [9.17, 15) is 0 Å². The molecule has 1 aromatic heterocycles. The molecule has 18 heavy (non-hydrogen) atoms. The zero-order chi connectivity index (χ0) is 13.2. The van der Waals surface area contributed by atoms with Gasteiger partial charge >= 0.3 is 0 Å². The van der Waals surface area contributed by atoms with E-state index in [0.29, 0.717) is 0 Å². The molecule has 0 atom stereocenters. The first kappa shape index (κ1) is 15.3. The van der Waals surface area contributed by atoms with Crippen LogP contribution in [0.15, 0.2) is 18.3 Å². The molecule has 0 fully saturated rings. The van der Waals surface area contributed by atoms with Gasteiger partial charge in [0.05, 0.1) is 0 Å². The standard InChI is InChI=1S/C15H29N3/c1-4-10-17(6-3)13-9-16-14-15-8-7-12-18(15)11-5-2/h7-8,12,16H,4-6,9-11,13-14H2,1-3H3. The van der Waals surface area contributed by atoms with Crippen LogP contribution in [0, 0.1) is 0 Å². The van der Waals surface area contributed by atoms with Crippen molar-refractivity contribution in [3.8, 4) is 0 Å². The largest absolute Gasteiger partial charge is 0.350 e. The van der Waals surface area contributed by atoms with Crippen molar-refractivity contribution in [3.63, 3.8) is 0 Å². The Hall–Kier alpha value is -0.800. The lowest BCUT2D eigenvalue weighted by Gasteiger charge is -2.19. The van der Waals surface area contributed by atoms with Gasteiger partial charge in [-0.25, -0.2) is 0 Å². The maximum absolute atomic E-state index is 3.55. The first-order valence-corrected chi connectivity index (χ1v) is 7.38. The van der Waals surface area contributed by atoms with Crippen LogP contribution in [0.25, 0.3) is 0 Å². The SMILES string of the molecule is CCCN(CC)CCNCc1cccn1CCC. The lowest BCUT2D eigenvalue weighted by Crippen LogP contribution is -2.32. The van der Waals surface area contributed by atoms with Crippen LogP contribution in [0.1, 0.15) is 39.3 Å². The van der Waals surface area contributed by atoms with E-state index in [4.69, 9.17) is 0 Å². The third-order valence-electron chi connectivity index (χ3n) is 3.29. The van der Waals surface area contributed by atoms with E-state index in [1.165, 1.54) is 25.1 Å². The molecular weight excluding hydrogens is 222 g/mol. The molecule has 3 heteroatoms. The number of rotatable bonds is 10. The summed E-state index contributed by atoms with van der Waals surface area (Å²) < 4.78 is 2.34. The van der Waals surface area contributed by atoms with E-state index in [1.54, 1.807) is 0 Å². The normalized spacial score (nSPS) is 11.3. The van der Waals surface area contributed by atoms with Gasteiger partial charge in [0.25, 0.3) is 0 Å². The van der Waals surface area contributed by atoms with Gasteiger partial charge in [-0.3, -0.25) is 0 Å².